The van der Waals surface area contributed by atoms with Gasteiger partial charge in [-0.05, 0) is 17.7 Å². The number of hydrogen-bond donors (Lipinski definition) is 0. The van der Waals surface area contributed by atoms with Crippen molar-refractivity contribution >= 4 is 29.0 Å². The minimum atomic E-state index is -0.944. The maximum atomic E-state index is 13.6. The summed E-state index contributed by atoms with van der Waals surface area (Å²) in [7, 11) is 0. The number of rotatable bonds is 3. The van der Waals surface area contributed by atoms with E-state index in [0.717, 1.165) is 0 Å². The summed E-state index contributed by atoms with van der Waals surface area (Å²) in [6.07, 6.45) is 0. The second-order valence-corrected chi connectivity index (χ2v) is 4.58. The molecule has 0 aromatic heterocycles. The number of Topliss-reactive ketones (excluding diaryl/α,β-unsaturated/α-hetero) is 1. The van der Waals surface area contributed by atoms with Gasteiger partial charge in [0.05, 0.1) is 10.6 Å². The lowest BCUT2D eigenvalue weighted by Crippen LogP contribution is -2.10. The third kappa shape index (κ3) is 2.55. The summed E-state index contributed by atoms with van der Waals surface area (Å²) < 4.78 is 13.6. The Morgan fingerprint density at radius 2 is 1.72 bits per heavy atom. The molecule has 92 valence electrons. The molecule has 1 nitrogen and oxygen atoms in total. The van der Waals surface area contributed by atoms with Crippen molar-refractivity contribution in [3.63, 3.8) is 0 Å². The number of benzene rings is 2. The topological polar surface area (TPSA) is 17.1 Å². The van der Waals surface area contributed by atoms with E-state index in [9.17, 15) is 9.18 Å². The number of alkyl halides is 1. The van der Waals surface area contributed by atoms with Crippen LogP contribution in [0.5, 0.6) is 0 Å². The molecule has 0 aliphatic carbocycles. The normalized spacial score (nSPS) is 12.2. The van der Waals surface area contributed by atoms with Gasteiger partial charge in [0.2, 0.25) is 0 Å². The Balaban J connectivity index is 2.38. The number of ketones is 1. The fourth-order valence-corrected chi connectivity index (χ4v) is 2.14. The summed E-state index contributed by atoms with van der Waals surface area (Å²) in [6, 6.07) is 12.9. The van der Waals surface area contributed by atoms with Gasteiger partial charge in [-0.3, -0.25) is 4.79 Å². The van der Waals surface area contributed by atoms with Gasteiger partial charge < -0.3 is 0 Å². The van der Waals surface area contributed by atoms with Crippen molar-refractivity contribution in [2.75, 3.05) is 0 Å². The molecule has 0 fully saturated rings. The second kappa shape index (κ2) is 5.51. The molecule has 1 unspecified atom stereocenters. The van der Waals surface area contributed by atoms with Gasteiger partial charge in [0.1, 0.15) is 11.2 Å². The maximum Gasteiger partial charge on any atom is 0.189 e. The van der Waals surface area contributed by atoms with Gasteiger partial charge in [-0.2, -0.15) is 0 Å². The molecular formula is C14H9Cl2FO. The Bertz CT molecular complexity index is 549. The number of halogens is 3. The van der Waals surface area contributed by atoms with Crippen LogP contribution in [0.25, 0.3) is 0 Å². The molecule has 0 aliphatic heterocycles. The number of carbonyl (C=O) groups excluding carboxylic acids is 1. The molecule has 0 saturated heterocycles. The van der Waals surface area contributed by atoms with E-state index in [1.165, 1.54) is 18.2 Å². The maximum absolute atomic E-state index is 13.6. The minimum Gasteiger partial charge on any atom is -0.292 e. The van der Waals surface area contributed by atoms with Gasteiger partial charge in [0.25, 0.3) is 0 Å². The standard InChI is InChI=1S/C14H9Cl2FO/c15-10-7-4-8-11(17)12(10)14(18)13(16)9-5-2-1-3-6-9/h1-8,13H. The van der Waals surface area contributed by atoms with Crippen molar-refractivity contribution in [2.45, 2.75) is 5.38 Å². The van der Waals surface area contributed by atoms with Crippen molar-refractivity contribution < 1.29 is 9.18 Å². The van der Waals surface area contributed by atoms with Crippen molar-refractivity contribution in [1.29, 1.82) is 0 Å². The van der Waals surface area contributed by atoms with Gasteiger partial charge in [-0.15, -0.1) is 11.6 Å². The fourth-order valence-electron chi connectivity index (χ4n) is 1.63. The molecule has 4 heteroatoms. The number of carbonyl (C=O) groups is 1. The van der Waals surface area contributed by atoms with Crippen molar-refractivity contribution in [3.05, 3.63) is 70.5 Å². The Hall–Kier alpha value is -1.38. The Morgan fingerprint density at radius 1 is 1.06 bits per heavy atom. The van der Waals surface area contributed by atoms with Crippen LogP contribution in [0.1, 0.15) is 21.3 Å². The highest BCUT2D eigenvalue weighted by molar-refractivity contribution is 6.38. The highest BCUT2D eigenvalue weighted by Crippen LogP contribution is 2.29. The smallest absolute Gasteiger partial charge is 0.189 e. The monoisotopic (exact) mass is 282 g/mol. The Kier molecular flexibility index (Phi) is 4.00. The minimum absolute atomic E-state index is 0.0709. The lowest BCUT2D eigenvalue weighted by atomic mass is 10.0. The zero-order valence-electron chi connectivity index (χ0n) is 9.24. The van der Waals surface area contributed by atoms with Crippen LogP contribution in [0.4, 0.5) is 4.39 Å². The molecule has 0 spiro atoms. The summed E-state index contributed by atoms with van der Waals surface area (Å²) in [4.78, 5) is 12.1. The average Bonchev–Trinajstić information content (AvgIpc) is 2.38. The molecule has 0 amide bonds. The lowest BCUT2D eigenvalue weighted by molar-refractivity contribution is 0.0983. The predicted octanol–water partition coefficient (Wildman–Crippen LogP) is 4.64. The van der Waals surface area contributed by atoms with Crippen LogP contribution in [0.2, 0.25) is 5.02 Å². The second-order valence-electron chi connectivity index (χ2n) is 3.73. The van der Waals surface area contributed by atoms with Crippen LogP contribution < -0.4 is 0 Å². The predicted molar refractivity (Wildman–Crippen MR) is 70.8 cm³/mol. The molecule has 18 heavy (non-hydrogen) atoms. The fraction of sp³-hybridized carbons (Fsp3) is 0.0714. The first kappa shape index (κ1) is 13.1. The molecule has 2 aromatic rings. The van der Waals surface area contributed by atoms with E-state index in [1.54, 1.807) is 24.3 Å². The first-order valence-electron chi connectivity index (χ1n) is 5.28. The van der Waals surface area contributed by atoms with Gasteiger partial charge >= 0.3 is 0 Å². The molecule has 2 rings (SSSR count). The summed E-state index contributed by atoms with van der Waals surface area (Å²) >= 11 is 11.9. The molecule has 0 bridgehead atoms. The lowest BCUT2D eigenvalue weighted by Gasteiger charge is -2.10. The molecule has 2 aromatic carbocycles. The van der Waals surface area contributed by atoms with E-state index in [4.69, 9.17) is 23.2 Å². The SMILES string of the molecule is O=C(c1c(F)cccc1Cl)C(Cl)c1ccccc1. The van der Waals surface area contributed by atoms with Gasteiger partial charge in [-0.1, -0.05) is 48.0 Å². The molecule has 0 radical (unpaired) electrons. The van der Waals surface area contributed by atoms with Crippen LogP contribution in [-0.4, -0.2) is 5.78 Å². The van der Waals surface area contributed by atoms with Gasteiger partial charge in [-0.25, -0.2) is 4.39 Å². The van der Waals surface area contributed by atoms with Crippen molar-refractivity contribution in [1.82, 2.24) is 0 Å². The van der Waals surface area contributed by atoms with Crippen LogP contribution in [0.15, 0.2) is 48.5 Å². The quantitative estimate of drug-likeness (QED) is 0.592. The van der Waals surface area contributed by atoms with Crippen LogP contribution >= 0.6 is 23.2 Å². The average molecular weight is 283 g/mol. The summed E-state index contributed by atoms with van der Waals surface area (Å²) in [6.45, 7) is 0. The van der Waals surface area contributed by atoms with Gasteiger partial charge in [0.15, 0.2) is 5.78 Å². The highest BCUT2D eigenvalue weighted by Gasteiger charge is 2.24. The largest absolute Gasteiger partial charge is 0.292 e. The summed E-state index contributed by atoms with van der Waals surface area (Å²) in [5.74, 6) is -1.19. The molecule has 1 atom stereocenters. The first-order chi connectivity index (χ1) is 8.61. The zero-order valence-corrected chi connectivity index (χ0v) is 10.8. The highest BCUT2D eigenvalue weighted by atomic mass is 35.5. The molecule has 0 heterocycles. The summed E-state index contributed by atoms with van der Waals surface area (Å²) in [5, 5.41) is -0.873. The molecule has 0 saturated carbocycles. The van der Waals surface area contributed by atoms with Gasteiger partial charge in [0, 0.05) is 0 Å². The van der Waals surface area contributed by atoms with Crippen LogP contribution in [-0.2, 0) is 0 Å². The zero-order chi connectivity index (χ0) is 13.1. The Labute approximate surface area is 114 Å². The van der Waals surface area contributed by atoms with E-state index >= 15 is 0 Å². The van der Waals surface area contributed by atoms with E-state index in [-0.39, 0.29) is 10.6 Å². The first-order valence-corrected chi connectivity index (χ1v) is 6.10. The third-order valence-electron chi connectivity index (χ3n) is 2.53. The summed E-state index contributed by atoms with van der Waals surface area (Å²) in [5.41, 5.74) is 0.450. The van der Waals surface area contributed by atoms with Crippen LogP contribution in [0.3, 0.4) is 0 Å². The molecule has 0 N–H and O–H groups in total. The Morgan fingerprint density at radius 3 is 2.33 bits per heavy atom. The molecular weight excluding hydrogens is 274 g/mol. The number of hydrogen-bond acceptors (Lipinski definition) is 1. The van der Waals surface area contributed by atoms with E-state index in [1.807, 2.05) is 6.07 Å². The van der Waals surface area contributed by atoms with Crippen LogP contribution in [0, 0.1) is 5.82 Å². The third-order valence-corrected chi connectivity index (χ3v) is 3.30. The molecule has 0 aliphatic rings. The van der Waals surface area contributed by atoms with Crippen molar-refractivity contribution in [2.24, 2.45) is 0 Å². The van der Waals surface area contributed by atoms with E-state index < -0.39 is 17.0 Å². The van der Waals surface area contributed by atoms with Crippen molar-refractivity contribution in [3.8, 4) is 0 Å². The van der Waals surface area contributed by atoms with E-state index in [2.05, 4.69) is 0 Å². The van der Waals surface area contributed by atoms with E-state index in [0.29, 0.717) is 5.56 Å².